The lowest BCUT2D eigenvalue weighted by molar-refractivity contribution is 0.0600. The normalized spacial score (nSPS) is 13.6. The average Bonchev–Trinajstić information content (AvgIpc) is 3.03. The molecule has 45 heavy (non-hydrogen) atoms. The molecule has 10 nitrogen and oxygen atoms in total. The Morgan fingerprint density at radius 1 is 0.978 bits per heavy atom. The number of hydrogen-bond acceptors (Lipinski definition) is 7. The van der Waals surface area contributed by atoms with Crippen LogP contribution in [-0.2, 0) is 11.3 Å². The van der Waals surface area contributed by atoms with Gasteiger partial charge in [-0.25, -0.2) is 18.4 Å². The number of amides is 3. The number of methoxy groups -OCH3 is 2. The van der Waals surface area contributed by atoms with E-state index in [0.29, 0.717) is 42.0 Å². The fraction of sp³-hybridized carbons (Fsp3) is 0.364. The summed E-state index contributed by atoms with van der Waals surface area (Å²) in [5, 5.41) is 2.51. The summed E-state index contributed by atoms with van der Waals surface area (Å²) in [6.45, 7) is 4.71. The molecule has 0 radical (unpaired) electrons. The SMILES string of the molecule is CCCCN(C(=O)Nc1cc(C(N)=O)c(F)cc1F)C1CCN(Cc2ccc(Oc3ccc(C(=O)OC)cc3OC)cc2)CC1. The van der Waals surface area contributed by atoms with Gasteiger partial charge in [0.15, 0.2) is 11.5 Å². The molecule has 3 amide bonds. The second-order valence-electron chi connectivity index (χ2n) is 10.8. The Bertz CT molecular complexity index is 1510. The van der Waals surface area contributed by atoms with E-state index in [-0.39, 0.29) is 11.7 Å². The zero-order valence-corrected chi connectivity index (χ0v) is 25.6. The Balaban J connectivity index is 1.34. The molecule has 0 saturated carbocycles. The second kappa shape index (κ2) is 15.3. The molecule has 1 fully saturated rings. The molecule has 0 aliphatic carbocycles. The van der Waals surface area contributed by atoms with Gasteiger partial charge in [0.05, 0.1) is 31.0 Å². The van der Waals surface area contributed by atoms with Crippen molar-refractivity contribution in [2.75, 3.05) is 39.2 Å². The number of rotatable bonds is 12. The molecule has 12 heteroatoms. The van der Waals surface area contributed by atoms with Gasteiger partial charge in [0.2, 0.25) is 0 Å². The summed E-state index contributed by atoms with van der Waals surface area (Å²) >= 11 is 0. The first kappa shape index (κ1) is 33.2. The van der Waals surface area contributed by atoms with Crippen LogP contribution < -0.4 is 20.5 Å². The van der Waals surface area contributed by atoms with E-state index in [1.807, 2.05) is 31.2 Å². The van der Waals surface area contributed by atoms with Crippen LogP contribution in [0.2, 0.25) is 0 Å². The van der Waals surface area contributed by atoms with Gasteiger partial charge in [-0.3, -0.25) is 9.69 Å². The summed E-state index contributed by atoms with van der Waals surface area (Å²) in [5.41, 5.74) is 5.85. The van der Waals surface area contributed by atoms with Gasteiger partial charge in [0.1, 0.15) is 17.4 Å². The van der Waals surface area contributed by atoms with Gasteiger partial charge in [-0.15, -0.1) is 0 Å². The number of unbranched alkanes of at least 4 members (excludes halogenated alkanes) is 1. The van der Waals surface area contributed by atoms with Crippen LogP contribution in [-0.4, -0.2) is 67.6 Å². The molecule has 0 bridgehead atoms. The predicted molar refractivity (Wildman–Crippen MR) is 165 cm³/mol. The van der Waals surface area contributed by atoms with Crippen LogP contribution in [0.1, 0.15) is 58.9 Å². The van der Waals surface area contributed by atoms with Crippen LogP contribution in [0.5, 0.6) is 17.2 Å². The Morgan fingerprint density at radius 2 is 1.69 bits per heavy atom. The Labute approximate surface area is 261 Å². The highest BCUT2D eigenvalue weighted by molar-refractivity contribution is 5.96. The van der Waals surface area contributed by atoms with Crippen molar-refractivity contribution < 1.29 is 37.4 Å². The van der Waals surface area contributed by atoms with Crippen molar-refractivity contribution in [2.45, 2.75) is 45.2 Å². The van der Waals surface area contributed by atoms with Crippen LogP contribution in [0.4, 0.5) is 19.3 Å². The van der Waals surface area contributed by atoms with Gasteiger partial charge < -0.3 is 30.2 Å². The van der Waals surface area contributed by atoms with Crippen molar-refractivity contribution in [2.24, 2.45) is 5.73 Å². The van der Waals surface area contributed by atoms with Gasteiger partial charge in [-0.1, -0.05) is 25.5 Å². The summed E-state index contributed by atoms with van der Waals surface area (Å²) in [7, 11) is 2.81. The molecule has 0 aromatic heterocycles. The van der Waals surface area contributed by atoms with Crippen LogP contribution in [0.25, 0.3) is 0 Å². The molecule has 3 N–H and O–H groups in total. The third kappa shape index (κ3) is 8.48. The number of nitrogens with one attached hydrogen (secondary N) is 1. The number of nitrogens with two attached hydrogens (primary N) is 1. The van der Waals surface area contributed by atoms with E-state index in [1.54, 1.807) is 23.1 Å². The predicted octanol–water partition coefficient (Wildman–Crippen LogP) is 5.95. The highest BCUT2D eigenvalue weighted by Gasteiger charge is 2.28. The van der Waals surface area contributed by atoms with E-state index in [4.69, 9.17) is 19.9 Å². The van der Waals surface area contributed by atoms with Gasteiger partial charge in [0, 0.05) is 38.3 Å². The van der Waals surface area contributed by atoms with E-state index >= 15 is 0 Å². The zero-order chi connectivity index (χ0) is 32.5. The molecule has 1 aliphatic heterocycles. The summed E-state index contributed by atoms with van der Waals surface area (Å²) < 4.78 is 44.5. The minimum absolute atomic E-state index is 0.0664. The maximum Gasteiger partial charge on any atom is 0.337 e. The number of halogens is 2. The molecule has 3 aromatic carbocycles. The van der Waals surface area contributed by atoms with Crippen molar-refractivity contribution in [3.63, 3.8) is 0 Å². The largest absolute Gasteiger partial charge is 0.493 e. The molecule has 0 spiro atoms. The smallest absolute Gasteiger partial charge is 0.337 e. The number of urea groups is 1. The van der Waals surface area contributed by atoms with E-state index in [2.05, 4.69) is 10.2 Å². The molecular weight excluding hydrogens is 586 g/mol. The standard InChI is InChI=1S/C33H38F2N4O6/c1-4-5-14-39(33(42)37-28-18-25(31(36)40)26(34)19-27(28)35)23-12-15-38(16-13-23)20-21-6-9-24(10-7-21)45-29-11-8-22(32(41)44-3)17-30(29)43-2/h6-11,17-19,23H,4-5,12-16,20H2,1-3H3,(H2,36,40)(H,37,42). The van der Waals surface area contributed by atoms with Crippen molar-refractivity contribution in [3.8, 4) is 17.2 Å². The minimum Gasteiger partial charge on any atom is -0.493 e. The number of primary amides is 1. The van der Waals surface area contributed by atoms with Crippen molar-refractivity contribution >= 4 is 23.6 Å². The zero-order valence-electron chi connectivity index (χ0n) is 25.6. The molecule has 0 unspecified atom stereocenters. The summed E-state index contributed by atoms with van der Waals surface area (Å²) in [5.74, 6) is -2.10. The fourth-order valence-corrected chi connectivity index (χ4v) is 5.23. The molecular formula is C33H38F2N4O6. The minimum atomic E-state index is -1.08. The van der Waals surface area contributed by atoms with Gasteiger partial charge in [0.25, 0.3) is 5.91 Å². The van der Waals surface area contributed by atoms with Crippen molar-refractivity contribution in [1.82, 2.24) is 9.80 Å². The van der Waals surface area contributed by atoms with Gasteiger partial charge in [-0.2, -0.15) is 0 Å². The number of likely N-dealkylation sites (tertiary alicyclic amines) is 1. The third-order valence-electron chi connectivity index (χ3n) is 7.72. The second-order valence-corrected chi connectivity index (χ2v) is 10.8. The number of esters is 1. The maximum absolute atomic E-state index is 14.4. The van der Waals surface area contributed by atoms with Crippen molar-refractivity contribution in [3.05, 3.63) is 82.9 Å². The Morgan fingerprint density at radius 3 is 2.31 bits per heavy atom. The van der Waals surface area contributed by atoms with Crippen LogP contribution in [0.3, 0.4) is 0 Å². The average molecular weight is 625 g/mol. The number of ether oxygens (including phenoxy) is 3. The van der Waals surface area contributed by atoms with Gasteiger partial charge >= 0.3 is 12.0 Å². The van der Waals surface area contributed by atoms with Gasteiger partial charge in [-0.05, 0) is 61.2 Å². The number of piperidine rings is 1. The molecule has 4 rings (SSSR count). The van der Waals surface area contributed by atoms with Crippen LogP contribution in [0.15, 0.2) is 54.6 Å². The van der Waals surface area contributed by atoms with E-state index in [9.17, 15) is 23.2 Å². The fourth-order valence-electron chi connectivity index (χ4n) is 5.23. The molecule has 1 aliphatic rings. The Kier molecular flexibility index (Phi) is 11.3. The number of benzene rings is 3. The first-order chi connectivity index (χ1) is 21.6. The lowest BCUT2D eigenvalue weighted by atomic mass is 10.0. The summed E-state index contributed by atoms with van der Waals surface area (Å²) in [6.07, 6.45) is 3.07. The monoisotopic (exact) mass is 624 g/mol. The Hall–Kier alpha value is -4.71. The maximum atomic E-state index is 14.4. The molecule has 1 heterocycles. The summed E-state index contributed by atoms with van der Waals surface area (Å²) in [4.78, 5) is 40.6. The number of nitrogens with zero attached hydrogens (tertiary/aromatic N) is 2. The lowest BCUT2D eigenvalue weighted by Gasteiger charge is -2.38. The van der Waals surface area contributed by atoms with Crippen LogP contribution >= 0.6 is 0 Å². The third-order valence-corrected chi connectivity index (χ3v) is 7.72. The molecule has 0 atom stereocenters. The van der Waals surface area contributed by atoms with Crippen molar-refractivity contribution in [1.29, 1.82) is 0 Å². The topological polar surface area (TPSA) is 123 Å². The van der Waals surface area contributed by atoms with E-state index in [0.717, 1.165) is 50.4 Å². The van der Waals surface area contributed by atoms with E-state index in [1.165, 1.54) is 14.2 Å². The first-order valence-corrected chi connectivity index (χ1v) is 14.7. The quantitative estimate of drug-likeness (QED) is 0.239. The highest BCUT2D eigenvalue weighted by Crippen LogP contribution is 2.33. The molecule has 3 aromatic rings. The molecule has 1 saturated heterocycles. The number of carbonyl (C=O) groups is 3. The van der Waals surface area contributed by atoms with Crippen LogP contribution in [0, 0.1) is 11.6 Å². The van der Waals surface area contributed by atoms with E-state index < -0.39 is 35.1 Å². The number of anilines is 1. The lowest BCUT2D eigenvalue weighted by Crippen LogP contribution is -2.49. The number of carbonyl (C=O) groups excluding carboxylic acids is 3. The summed E-state index contributed by atoms with van der Waals surface area (Å²) in [6, 6.07) is 13.4. The molecule has 240 valence electrons. The number of hydrogen-bond donors (Lipinski definition) is 2. The first-order valence-electron chi connectivity index (χ1n) is 14.7. The highest BCUT2D eigenvalue weighted by atomic mass is 19.1.